The molecule has 30 heavy (non-hydrogen) atoms. The Morgan fingerprint density at radius 1 is 1.00 bits per heavy atom. The van der Waals surface area contributed by atoms with Gasteiger partial charge in [0.05, 0.1) is 7.11 Å². The standard InChI is InChI=1S/C25H36N2O2S/c1-3-4-5-6-7-11-18-27(20-22-14-15-23(28)24(19-22)29-2)25(30)26-17-16-21-12-9-8-10-13-21/h8-10,12-15,19,28H,3-7,11,16-18,20H2,1-2H3,(H,26,30). The molecule has 2 aromatic rings. The van der Waals surface area contributed by atoms with Gasteiger partial charge >= 0.3 is 0 Å². The first-order valence-electron chi connectivity index (χ1n) is 11.1. The molecule has 0 unspecified atom stereocenters. The fourth-order valence-corrected chi connectivity index (χ4v) is 3.70. The van der Waals surface area contributed by atoms with Crippen molar-refractivity contribution in [3.63, 3.8) is 0 Å². The van der Waals surface area contributed by atoms with Crippen LogP contribution in [-0.2, 0) is 13.0 Å². The van der Waals surface area contributed by atoms with Gasteiger partial charge in [0, 0.05) is 19.6 Å². The van der Waals surface area contributed by atoms with Crippen LogP contribution in [0.1, 0.15) is 56.6 Å². The summed E-state index contributed by atoms with van der Waals surface area (Å²) in [6, 6.07) is 15.9. The monoisotopic (exact) mass is 428 g/mol. The molecule has 0 fully saturated rings. The Morgan fingerprint density at radius 3 is 2.47 bits per heavy atom. The maximum Gasteiger partial charge on any atom is 0.169 e. The Labute approximate surface area is 187 Å². The Kier molecular flexibility index (Phi) is 11.1. The zero-order valence-corrected chi connectivity index (χ0v) is 19.2. The third-order valence-electron chi connectivity index (χ3n) is 5.22. The lowest BCUT2D eigenvalue weighted by atomic mass is 10.1. The van der Waals surface area contributed by atoms with Gasteiger partial charge in [-0.05, 0) is 48.3 Å². The molecule has 0 atom stereocenters. The fraction of sp³-hybridized carbons (Fsp3) is 0.480. The van der Waals surface area contributed by atoms with E-state index in [1.54, 1.807) is 13.2 Å². The molecule has 0 saturated carbocycles. The normalized spacial score (nSPS) is 10.6. The summed E-state index contributed by atoms with van der Waals surface area (Å²) in [7, 11) is 1.57. The van der Waals surface area contributed by atoms with Crippen LogP contribution in [0.5, 0.6) is 11.5 Å². The summed E-state index contributed by atoms with van der Waals surface area (Å²) in [5, 5.41) is 14.1. The van der Waals surface area contributed by atoms with Crippen LogP contribution in [0.3, 0.4) is 0 Å². The van der Waals surface area contributed by atoms with Gasteiger partial charge in [-0.1, -0.05) is 75.4 Å². The molecule has 5 heteroatoms. The summed E-state index contributed by atoms with van der Waals surface area (Å²) in [6.45, 7) is 4.68. The maximum atomic E-state index is 9.87. The number of hydrogen-bond acceptors (Lipinski definition) is 3. The van der Waals surface area contributed by atoms with Crippen LogP contribution in [0.15, 0.2) is 48.5 Å². The SMILES string of the molecule is CCCCCCCCN(Cc1ccc(O)c(OC)c1)C(=S)NCCc1ccccc1. The van der Waals surface area contributed by atoms with Crippen molar-refractivity contribution in [2.45, 2.75) is 58.4 Å². The third-order valence-corrected chi connectivity index (χ3v) is 5.62. The number of thiocarbonyl (C=S) groups is 1. The molecule has 2 rings (SSSR count). The van der Waals surface area contributed by atoms with Gasteiger partial charge in [-0.15, -0.1) is 0 Å². The van der Waals surface area contributed by atoms with E-state index in [0.29, 0.717) is 12.3 Å². The molecule has 164 valence electrons. The highest BCUT2D eigenvalue weighted by atomic mass is 32.1. The molecule has 0 amide bonds. The van der Waals surface area contributed by atoms with Crippen LogP contribution in [-0.4, -0.2) is 35.3 Å². The van der Waals surface area contributed by atoms with Crippen LogP contribution in [0, 0.1) is 0 Å². The number of nitrogens with one attached hydrogen (secondary N) is 1. The van der Waals surface area contributed by atoms with Gasteiger partial charge < -0.3 is 20.1 Å². The molecule has 0 aromatic heterocycles. The van der Waals surface area contributed by atoms with Crippen LogP contribution in [0.25, 0.3) is 0 Å². The van der Waals surface area contributed by atoms with E-state index in [-0.39, 0.29) is 5.75 Å². The number of unbranched alkanes of at least 4 members (excludes halogenated alkanes) is 5. The van der Waals surface area contributed by atoms with E-state index in [1.807, 2.05) is 18.2 Å². The quantitative estimate of drug-likeness (QED) is 0.317. The molecule has 4 nitrogen and oxygen atoms in total. The molecule has 0 spiro atoms. The van der Waals surface area contributed by atoms with Gasteiger partial charge in [0.1, 0.15) is 0 Å². The van der Waals surface area contributed by atoms with Gasteiger partial charge in [-0.3, -0.25) is 0 Å². The predicted molar refractivity (Wildman–Crippen MR) is 129 cm³/mol. The lowest BCUT2D eigenvalue weighted by Crippen LogP contribution is -2.40. The fourth-order valence-electron chi connectivity index (χ4n) is 3.45. The van der Waals surface area contributed by atoms with Gasteiger partial charge in [-0.2, -0.15) is 0 Å². The second-order valence-corrected chi connectivity index (χ2v) is 8.05. The Balaban J connectivity index is 1.92. The Morgan fingerprint density at radius 2 is 1.73 bits per heavy atom. The van der Waals surface area contributed by atoms with Crippen LogP contribution >= 0.6 is 12.2 Å². The van der Waals surface area contributed by atoms with E-state index in [9.17, 15) is 5.11 Å². The van der Waals surface area contributed by atoms with E-state index in [0.717, 1.165) is 36.6 Å². The molecule has 0 aliphatic heterocycles. The van der Waals surface area contributed by atoms with Gasteiger partial charge in [0.15, 0.2) is 16.6 Å². The molecule has 0 bridgehead atoms. The zero-order chi connectivity index (χ0) is 21.6. The molecule has 0 heterocycles. The second kappa shape index (κ2) is 13.9. The number of benzene rings is 2. The minimum atomic E-state index is 0.160. The summed E-state index contributed by atoms with van der Waals surface area (Å²) in [4.78, 5) is 2.23. The summed E-state index contributed by atoms with van der Waals surface area (Å²) in [6.07, 6.45) is 8.47. The van der Waals surface area contributed by atoms with Crippen molar-refractivity contribution in [3.8, 4) is 11.5 Å². The number of aromatic hydroxyl groups is 1. The number of ether oxygens (including phenoxy) is 1. The van der Waals surface area contributed by atoms with E-state index < -0.39 is 0 Å². The van der Waals surface area contributed by atoms with Crippen LogP contribution in [0.4, 0.5) is 0 Å². The Bertz CT molecular complexity index is 752. The molecule has 0 radical (unpaired) electrons. The number of hydrogen-bond donors (Lipinski definition) is 2. The van der Waals surface area contributed by atoms with Crippen molar-refractivity contribution >= 4 is 17.3 Å². The number of phenols is 1. The van der Waals surface area contributed by atoms with E-state index in [1.165, 1.54) is 37.7 Å². The van der Waals surface area contributed by atoms with E-state index in [2.05, 4.69) is 41.4 Å². The van der Waals surface area contributed by atoms with Crippen molar-refractivity contribution in [2.75, 3.05) is 20.2 Å². The highest BCUT2D eigenvalue weighted by Gasteiger charge is 2.12. The van der Waals surface area contributed by atoms with Gasteiger partial charge in [-0.25, -0.2) is 0 Å². The minimum Gasteiger partial charge on any atom is -0.504 e. The molecule has 2 N–H and O–H groups in total. The van der Waals surface area contributed by atoms with Gasteiger partial charge in [0.25, 0.3) is 0 Å². The highest BCUT2D eigenvalue weighted by molar-refractivity contribution is 7.80. The zero-order valence-electron chi connectivity index (χ0n) is 18.4. The number of rotatable bonds is 13. The molecule has 0 saturated heterocycles. The minimum absolute atomic E-state index is 0.160. The smallest absolute Gasteiger partial charge is 0.169 e. The summed E-state index contributed by atoms with van der Waals surface area (Å²) >= 11 is 5.73. The van der Waals surface area contributed by atoms with Crippen molar-refractivity contribution in [2.24, 2.45) is 0 Å². The van der Waals surface area contributed by atoms with Crippen molar-refractivity contribution < 1.29 is 9.84 Å². The van der Waals surface area contributed by atoms with Crippen molar-refractivity contribution in [3.05, 3.63) is 59.7 Å². The number of phenolic OH excluding ortho intramolecular Hbond substituents is 1. The van der Waals surface area contributed by atoms with Crippen LogP contribution < -0.4 is 10.1 Å². The number of methoxy groups -OCH3 is 1. The maximum absolute atomic E-state index is 9.87. The second-order valence-electron chi connectivity index (χ2n) is 7.66. The lowest BCUT2D eigenvalue weighted by Gasteiger charge is -2.26. The molecule has 2 aromatic carbocycles. The summed E-state index contributed by atoms with van der Waals surface area (Å²) in [5.74, 6) is 0.655. The van der Waals surface area contributed by atoms with E-state index >= 15 is 0 Å². The molecular formula is C25H36N2O2S. The topological polar surface area (TPSA) is 44.7 Å². The molecular weight excluding hydrogens is 392 g/mol. The molecule has 0 aliphatic carbocycles. The van der Waals surface area contributed by atoms with Crippen molar-refractivity contribution in [1.82, 2.24) is 10.2 Å². The first-order valence-corrected chi connectivity index (χ1v) is 11.5. The lowest BCUT2D eigenvalue weighted by molar-refractivity contribution is 0.367. The van der Waals surface area contributed by atoms with Gasteiger partial charge in [0.2, 0.25) is 0 Å². The average Bonchev–Trinajstić information content (AvgIpc) is 2.77. The predicted octanol–water partition coefficient (Wildman–Crippen LogP) is 5.68. The Hall–Kier alpha value is -2.27. The number of nitrogens with zero attached hydrogens (tertiary/aromatic N) is 1. The van der Waals surface area contributed by atoms with Crippen LogP contribution in [0.2, 0.25) is 0 Å². The molecule has 0 aliphatic rings. The first-order chi connectivity index (χ1) is 14.6. The van der Waals surface area contributed by atoms with E-state index in [4.69, 9.17) is 17.0 Å². The first kappa shape index (κ1) is 24.0. The average molecular weight is 429 g/mol. The highest BCUT2D eigenvalue weighted by Crippen LogP contribution is 2.27. The van der Waals surface area contributed by atoms with Crippen molar-refractivity contribution in [1.29, 1.82) is 0 Å². The largest absolute Gasteiger partial charge is 0.504 e. The summed E-state index contributed by atoms with van der Waals surface area (Å²) in [5.41, 5.74) is 2.38. The third kappa shape index (κ3) is 8.62. The summed E-state index contributed by atoms with van der Waals surface area (Å²) < 4.78 is 5.26.